The van der Waals surface area contributed by atoms with Gasteiger partial charge in [-0.2, -0.15) is 0 Å². The van der Waals surface area contributed by atoms with Crippen LogP contribution >= 0.6 is 0 Å². The van der Waals surface area contributed by atoms with E-state index in [9.17, 15) is 23.6 Å². The second-order valence-corrected chi connectivity index (χ2v) is 9.41. The van der Waals surface area contributed by atoms with Crippen LogP contribution in [0.4, 0.5) is 14.0 Å². The molecule has 1 saturated carbocycles. The van der Waals surface area contributed by atoms with E-state index >= 15 is 0 Å². The molecule has 1 spiro atoms. The molecule has 4 amide bonds. The Hall–Kier alpha value is -3.69. The van der Waals surface area contributed by atoms with Crippen LogP contribution in [0.15, 0.2) is 47.6 Å². The first kappa shape index (κ1) is 23.1. The number of nitrogens with one attached hydrogen (secondary N) is 2. The maximum Gasteiger partial charge on any atom is 0.411 e. The van der Waals surface area contributed by atoms with E-state index in [0.29, 0.717) is 30.5 Å². The van der Waals surface area contributed by atoms with Crippen LogP contribution in [0.25, 0.3) is 0 Å². The van der Waals surface area contributed by atoms with Crippen molar-refractivity contribution >= 4 is 23.8 Å². The lowest BCUT2D eigenvalue weighted by Gasteiger charge is -2.27. The highest BCUT2D eigenvalue weighted by Gasteiger charge is 2.53. The topological polar surface area (TPSA) is 108 Å². The minimum Gasteiger partial charge on any atom is -0.436 e. The molecule has 1 saturated heterocycles. The van der Waals surface area contributed by atoms with Crippen LogP contribution in [0.5, 0.6) is 0 Å². The average Bonchev–Trinajstić information content (AvgIpc) is 3.55. The second-order valence-electron chi connectivity index (χ2n) is 9.41. The summed E-state index contributed by atoms with van der Waals surface area (Å²) in [7, 11) is 1.47. The molecule has 5 rings (SSSR count). The summed E-state index contributed by atoms with van der Waals surface area (Å²) < 4.78 is 19.0. The van der Waals surface area contributed by atoms with Crippen molar-refractivity contribution in [2.24, 2.45) is 0 Å². The number of ether oxygens (including phenoxy) is 1. The lowest BCUT2D eigenvalue weighted by atomic mass is 9.89. The zero-order valence-corrected chi connectivity index (χ0v) is 19.4. The van der Waals surface area contributed by atoms with E-state index in [-0.39, 0.29) is 36.6 Å². The molecule has 2 atom stereocenters. The van der Waals surface area contributed by atoms with E-state index in [4.69, 9.17) is 4.74 Å². The minimum atomic E-state index is -0.974. The molecule has 184 valence electrons. The van der Waals surface area contributed by atoms with Gasteiger partial charge in [0.15, 0.2) is 11.4 Å². The fourth-order valence-electron chi connectivity index (χ4n) is 5.05. The molecule has 0 bridgehead atoms. The zero-order chi connectivity index (χ0) is 24.7. The molecule has 1 unspecified atom stereocenters. The van der Waals surface area contributed by atoms with Crippen LogP contribution < -0.4 is 10.6 Å². The average molecular weight is 483 g/mol. The summed E-state index contributed by atoms with van der Waals surface area (Å²) in [5.41, 5.74) is 1.04. The molecule has 1 aromatic rings. The first-order valence-corrected chi connectivity index (χ1v) is 11.8. The number of amides is 4. The van der Waals surface area contributed by atoms with E-state index in [1.165, 1.54) is 24.1 Å². The van der Waals surface area contributed by atoms with Crippen molar-refractivity contribution in [3.8, 4) is 0 Å². The van der Waals surface area contributed by atoms with Crippen molar-refractivity contribution in [2.45, 2.75) is 49.9 Å². The van der Waals surface area contributed by atoms with Gasteiger partial charge >= 0.3 is 12.1 Å². The monoisotopic (exact) mass is 482 g/mol. The summed E-state index contributed by atoms with van der Waals surface area (Å²) in [6, 6.07) is 4.94. The fraction of sp³-hybridized carbons (Fsp3) is 0.440. The van der Waals surface area contributed by atoms with Crippen molar-refractivity contribution in [2.75, 3.05) is 20.1 Å². The Morgan fingerprint density at radius 3 is 2.66 bits per heavy atom. The largest absolute Gasteiger partial charge is 0.436 e. The van der Waals surface area contributed by atoms with Gasteiger partial charge in [-0.1, -0.05) is 24.3 Å². The van der Waals surface area contributed by atoms with Gasteiger partial charge in [0.05, 0.1) is 6.54 Å². The Labute approximate surface area is 202 Å². The van der Waals surface area contributed by atoms with Gasteiger partial charge in [-0.15, -0.1) is 0 Å². The number of carbonyl (C=O) groups is 4. The molecular weight excluding hydrogens is 455 g/mol. The lowest BCUT2D eigenvalue weighted by Crippen LogP contribution is -2.46. The van der Waals surface area contributed by atoms with Crippen molar-refractivity contribution in [1.29, 1.82) is 0 Å². The Bertz CT molecular complexity index is 1140. The molecule has 35 heavy (non-hydrogen) atoms. The van der Waals surface area contributed by atoms with Crippen LogP contribution in [-0.4, -0.2) is 71.4 Å². The quantitative estimate of drug-likeness (QED) is 0.645. The maximum atomic E-state index is 13.3. The number of hydrogen-bond donors (Lipinski definition) is 2. The number of benzene rings is 1. The SMILES string of the molecule is CNC(=O)NC1C=CC2=C(CC[C@]23CN(CC(=O)N(Cc2ccc(F)cc2)C2CC2)C(=O)O3)C1=O. The Morgan fingerprint density at radius 1 is 1.23 bits per heavy atom. The number of Topliss-reactive ketones (excluding diaryl/α,β-unsaturated/α-hetero) is 1. The van der Waals surface area contributed by atoms with Crippen LogP contribution in [0.3, 0.4) is 0 Å². The lowest BCUT2D eigenvalue weighted by molar-refractivity contribution is -0.133. The van der Waals surface area contributed by atoms with Crippen LogP contribution in [0.1, 0.15) is 31.2 Å². The zero-order valence-electron chi connectivity index (χ0n) is 19.4. The first-order valence-electron chi connectivity index (χ1n) is 11.8. The Balaban J connectivity index is 1.27. The van der Waals surface area contributed by atoms with E-state index in [0.717, 1.165) is 18.4 Å². The molecule has 1 aliphatic heterocycles. The van der Waals surface area contributed by atoms with Gasteiger partial charge in [-0.25, -0.2) is 14.0 Å². The summed E-state index contributed by atoms with van der Waals surface area (Å²) in [6.07, 6.45) is 5.43. The predicted octanol–water partition coefficient (Wildman–Crippen LogP) is 2.03. The summed E-state index contributed by atoms with van der Waals surface area (Å²) >= 11 is 0. The van der Waals surface area contributed by atoms with Crippen molar-refractivity contribution in [1.82, 2.24) is 20.4 Å². The predicted molar refractivity (Wildman–Crippen MR) is 123 cm³/mol. The summed E-state index contributed by atoms with van der Waals surface area (Å²) in [4.78, 5) is 53.7. The molecule has 0 radical (unpaired) electrons. The van der Waals surface area contributed by atoms with Crippen LogP contribution in [-0.2, 0) is 20.9 Å². The molecule has 4 aliphatic rings. The summed E-state index contributed by atoms with van der Waals surface area (Å²) in [5.74, 6) is -0.741. The first-order chi connectivity index (χ1) is 16.8. The smallest absolute Gasteiger partial charge is 0.411 e. The normalized spacial score (nSPS) is 25.1. The van der Waals surface area contributed by atoms with Gasteiger partial charge < -0.3 is 20.3 Å². The highest BCUT2D eigenvalue weighted by molar-refractivity contribution is 6.05. The molecule has 2 fully saturated rings. The number of ketones is 1. The number of carbonyl (C=O) groups excluding carboxylic acids is 4. The molecule has 1 heterocycles. The molecule has 3 aliphatic carbocycles. The molecule has 1 aromatic carbocycles. The van der Waals surface area contributed by atoms with Gasteiger partial charge in [-0.05, 0) is 43.4 Å². The van der Waals surface area contributed by atoms with Gasteiger partial charge in [0, 0.05) is 30.8 Å². The Kier molecular flexibility index (Phi) is 5.82. The van der Waals surface area contributed by atoms with E-state index in [1.54, 1.807) is 29.2 Å². The molecule has 2 N–H and O–H groups in total. The standard InChI is InChI=1S/C25H27FN4O5/c1-27-23(33)28-20-9-8-19-18(22(20)32)10-11-25(19)14-29(24(34)35-25)13-21(31)30(17-6-7-17)12-15-2-4-16(26)5-3-15/h2-5,8-9,17,20H,6-7,10-14H2,1H3,(H2,27,28,33)/t20?,25-/m0/s1. The second kappa shape index (κ2) is 8.83. The fourth-order valence-corrected chi connectivity index (χ4v) is 5.05. The van der Waals surface area contributed by atoms with Gasteiger partial charge in [0.2, 0.25) is 5.91 Å². The van der Waals surface area contributed by atoms with Crippen LogP contribution in [0.2, 0.25) is 0 Å². The van der Waals surface area contributed by atoms with Crippen molar-refractivity contribution in [3.05, 3.63) is 58.9 Å². The Morgan fingerprint density at radius 2 is 1.97 bits per heavy atom. The van der Waals surface area contributed by atoms with E-state index in [2.05, 4.69) is 10.6 Å². The summed E-state index contributed by atoms with van der Waals surface area (Å²) in [6.45, 7) is 0.403. The minimum absolute atomic E-state index is 0.115. The number of hydrogen-bond acceptors (Lipinski definition) is 5. The molecular formula is C25H27FN4O5. The number of nitrogens with zero attached hydrogens (tertiary/aromatic N) is 2. The highest BCUT2D eigenvalue weighted by atomic mass is 19.1. The maximum absolute atomic E-state index is 13.3. The molecule has 10 heteroatoms. The van der Waals surface area contributed by atoms with Gasteiger partial charge in [-0.3, -0.25) is 14.5 Å². The number of halogens is 1. The van der Waals surface area contributed by atoms with Crippen molar-refractivity contribution in [3.63, 3.8) is 0 Å². The highest BCUT2D eigenvalue weighted by Crippen LogP contribution is 2.45. The van der Waals surface area contributed by atoms with Gasteiger partial charge in [0.25, 0.3) is 0 Å². The number of urea groups is 1. The summed E-state index contributed by atoms with van der Waals surface area (Å²) in [5, 5.41) is 5.02. The van der Waals surface area contributed by atoms with Crippen molar-refractivity contribution < 1.29 is 28.3 Å². The van der Waals surface area contributed by atoms with Gasteiger partial charge in [0.1, 0.15) is 18.4 Å². The third-order valence-corrected chi connectivity index (χ3v) is 7.03. The third kappa shape index (κ3) is 4.40. The molecule has 0 aromatic heterocycles. The third-order valence-electron chi connectivity index (χ3n) is 7.03. The molecule has 9 nitrogen and oxygen atoms in total. The van der Waals surface area contributed by atoms with E-state index < -0.39 is 23.8 Å². The van der Waals surface area contributed by atoms with E-state index in [1.807, 2.05) is 0 Å². The number of rotatable bonds is 6. The van der Waals surface area contributed by atoms with Crippen LogP contribution in [0, 0.1) is 5.82 Å². The number of fused-ring (bicyclic) bond motifs is 1.